The average molecular weight is 450 g/mol. The lowest BCUT2D eigenvalue weighted by atomic mass is 9.93. The number of hydrogen-bond acceptors (Lipinski definition) is 5. The molecular weight excluding hydrogens is 418 g/mol. The van der Waals surface area contributed by atoms with Crippen molar-refractivity contribution in [2.24, 2.45) is 0 Å². The first kappa shape index (κ1) is 22.9. The fourth-order valence-corrected chi connectivity index (χ4v) is 4.49. The molecule has 0 aromatic heterocycles. The number of likely N-dealkylation sites (tertiary alicyclic amines) is 1. The molecule has 0 radical (unpaired) electrons. The number of carbonyl (C=O) groups is 2. The highest BCUT2D eigenvalue weighted by atomic mass is 16.5. The Morgan fingerprint density at radius 1 is 1.21 bits per heavy atom. The van der Waals surface area contributed by atoms with Crippen molar-refractivity contribution in [1.82, 2.24) is 4.90 Å². The molecule has 0 bridgehead atoms. The number of carbonyl (C=O) groups excluding carboxylic acids is 2. The van der Waals surface area contributed by atoms with E-state index in [-0.39, 0.29) is 17.4 Å². The summed E-state index contributed by atoms with van der Waals surface area (Å²) in [4.78, 5) is 27.9. The zero-order valence-electron chi connectivity index (χ0n) is 19.5. The number of rotatable bonds is 7. The Kier molecular flexibility index (Phi) is 6.72. The summed E-state index contributed by atoms with van der Waals surface area (Å²) in [5.74, 6) is -0.0123. The van der Waals surface area contributed by atoms with Gasteiger partial charge in [0.25, 0.3) is 11.7 Å². The standard InChI is InChI=1S/C27H31NO5/c1-4-5-14-28-24(20-10-6-7-11-22(20)33-17(2)3)23(26(30)27(28)31)25(29)19-12-13-21-18(16-19)9-8-15-32-21/h6-7,10-13,16-17,24,29H,4-5,8-9,14-15H2,1-3H3/b25-23+. The molecule has 1 atom stereocenters. The third-order valence-electron chi connectivity index (χ3n) is 6.05. The largest absolute Gasteiger partial charge is 0.507 e. The number of ether oxygens (including phenoxy) is 2. The third-order valence-corrected chi connectivity index (χ3v) is 6.05. The summed E-state index contributed by atoms with van der Waals surface area (Å²) in [7, 11) is 0. The van der Waals surface area contributed by atoms with Gasteiger partial charge >= 0.3 is 0 Å². The molecule has 33 heavy (non-hydrogen) atoms. The van der Waals surface area contributed by atoms with E-state index in [0.717, 1.165) is 37.0 Å². The Hall–Kier alpha value is -3.28. The van der Waals surface area contributed by atoms with Gasteiger partial charge in [0.05, 0.1) is 24.3 Å². The monoisotopic (exact) mass is 449 g/mol. The molecule has 4 rings (SSSR count). The molecule has 0 aliphatic carbocycles. The van der Waals surface area contributed by atoms with Crippen LogP contribution in [-0.4, -0.2) is 41.0 Å². The van der Waals surface area contributed by atoms with Crippen molar-refractivity contribution < 1.29 is 24.2 Å². The molecule has 174 valence electrons. The van der Waals surface area contributed by atoms with Crippen LogP contribution in [0.4, 0.5) is 0 Å². The number of ketones is 1. The van der Waals surface area contributed by atoms with Crippen LogP contribution in [0.15, 0.2) is 48.0 Å². The number of aryl methyl sites for hydroxylation is 1. The maximum absolute atomic E-state index is 13.2. The molecule has 1 fully saturated rings. The summed E-state index contributed by atoms with van der Waals surface area (Å²) < 4.78 is 11.7. The molecule has 2 aromatic carbocycles. The number of unbranched alkanes of at least 4 members (excludes halogenated alkanes) is 1. The molecule has 1 amide bonds. The lowest BCUT2D eigenvalue weighted by Gasteiger charge is -2.27. The second-order valence-electron chi connectivity index (χ2n) is 8.82. The lowest BCUT2D eigenvalue weighted by molar-refractivity contribution is -0.139. The number of amides is 1. The van der Waals surface area contributed by atoms with Gasteiger partial charge in [0.15, 0.2) is 0 Å². The Morgan fingerprint density at radius 2 is 2.00 bits per heavy atom. The van der Waals surface area contributed by atoms with E-state index in [4.69, 9.17) is 9.47 Å². The summed E-state index contributed by atoms with van der Waals surface area (Å²) in [6.45, 7) is 7.00. The fourth-order valence-electron chi connectivity index (χ4n) is 4.49. The van der Waals surface area contributed by atoms with Crippen molar-refractivity contribution in [3.63, 3.8) is 0 Å². The van der Waals surface area contributed by atoms with Gasteiger partial charge in [0.1, 0.15) is 17.3 Å². The Labute approximate surface area is 194 Å². The van der Waals surface area contributed by atoms with Crippen LogP contribution in [0.25, 0.3) is 5.76 Å². The van der Waals surface area contributed by atoms with E-state index in [1.807, 2.05) is 57.2 Å². The van der Waals surface area contributed by atoms with Crippen molar-refractivity contribution in [1.29, 1.82) is 0 Å². The number of aliphatic hydroxyl groups is 1. The van der Waals surface area contributed by atoms with Crippen molar-refractivity contribution in [2.75, 3.05) is 13.2 Å². The number of hydrogen-bond donors (Lipinski definition) is 1. The van der Waals surface area contributed by atoms with Crippen LogP contribution in [0, 0.1) is 0 Å². The van der Waals surface area contributed by atoms with Gasteiger partial charge in [-0.25, -0.2) is 0 Å². The number of fused-ring (bicyclic) bond motifs is 1. The summed E-state index contributed by atoms with van der Waals surface area (Å²) in [5.41, 5.74) is 2.31. The van der Waals surface area contributed by atoms with Crippen molar-refractivity contribution in [2.45, 2.75) is 58.6 Å². The summed E-state index contributed by atoms with van der Waals surface area (Å²) >= 11 is 0. The number of aliphatic hydroxyl groups excluding tert-OH is 1. The number of para-hydroxylation sites is 1. The van der Waals surface area contributed by atoms with Gasteiger partial charge < -0.3 is 19.5 Å². The maximum atomic E-state index is 13.2. The average Bonchev–Trinajstić information content (AvgIpc) is 3.06. The molecule has 2 aliphatic heterocycles. The first-order valence-corrected chi connectivity index (χ1v) is 11.7. The Bertz CT molecular complexity index is 1090. The SMILES string of the molecule is CCCCN1C(=O)C(=O)/C(=C(/O)c2ccc3c(c2)CCCO3)C1c1ccccc1OC(C)C. The van der Waals surface area contributed by atoms with Gasteiger partial charge in [-0.15, -0.1) is 0 Å². The van der Waals surface area contributed by atoms with Gasteiger partial charge in [-0.3, -0.25) is 9.59 Å². The molecule has 6 nitrogen and oxygen atoms in total. The van der Waals surface area contributed by atoms with E-state index in [1.165, 1.54) is 0 Å². The second-order valence-corrected chi connectivity index (χ2v) is 8.82. The van der Waals surface area contributed by atoms with Gasteiger partial charge in [-0.05, 0) is 62.9 Å². The maximum Gasteiger partial charge on any atom is 0.295 e. The van der Waals surface area contributed by atoms with E-state index in [9.17, 15) is 14.7 Å². The van der Waals surface area contributed by atoms with Gasteiger partial charge in [-0.2, -0.15) is 0 Å². The first-order valence-electron chi connectivity index (χ1n) is 11.7. The predicted molar refractivity (Wildman–Crippen MR) is 126 cm³/mol. The Balaban J connectivity index is 1.86. The highest BCUT2D eigenvalue weighted by molar-refractivity contribution is 6.46. The quantitative estimate of drug-likeness (QED) is 0.365. The van der Waals surface area contributed by atoms with Crippen molar-refractivity contribution in [3.8, 4) is 11.5 Å². The minimum Gasteiger partial charge on any atom is -0.507 e. The van der Waals surface area contributed by atoms with Gasteiger partial charge in [-0.1, -0.05) is 31.5 Å². The van der Waals surface area contributed by atoms with Crippen LogP contribution in [0.5, 0.6) is 11.5 Å². The van der Waals surface area contributed by atoms with Crippen LogP contribution < -0.4 is 9.47 Å². The molecule has 1 unspecified atom stereocenters. The van der Waals surface area contributed by atoms with Gasteiger partial charge in [0, 0.05) is 17.7 Å². The van der Waals surface area contributed by atoms with Gasteiger partial charge in [0.2, 0.25) is 0 Å². The molecule has 0 spiro atoms. The van der Waals surface area contributed by atoms with Crippen LogP contribution in [0.2, 0.25) is 0 Å². The summed E-state index contributed by atoms with van der Waals surface area (Å²) in [6, 6.07) is 12.1. The van der Waals surface area contributed by atoms with Crippen LogP contribution >= 0.6 is 0 Å². The van der Waals surface area contributed by atoms with Crippen LogP contribution in [0.3, 0.4) is 0 Å². The highest BCUT2D eigenvalue weighted by Gasteiger charge is 2.46. The molecule has 6 heteroatoms. The summed E-state index contributed by atoms with van der Waals surface area (Å²) in [5, 5.41) is 11.4. The third kappa shape index (κ3) is 4.47. The van der Waals surface area contributed by atoms with E-state index >= 15 is 0 Å². The molecule has 2 heterocycles. The molecule has 2 aromatic rings. The van der Waals surface area contributed by atoms with E-state index in [2.05, 4.69) is 0 Å². The topological polar surface area (TPSA) is 76.1 Å². The number of Topliss-reactive ketones (excluding diaryl/α,β-unsaturated/α-hetero) is 1. The second kappa shape index (κ2) is 9.69. The van der Waals surface area contributed by atoms with E-state index in [0.29, 0.717) is 30.0 Å². The number of nitrogens with zero attached hydrogens (tertiary/aromatic N) is 1. The predicted octanol–water partition coefficient (Wildman–Crippen LogP) is 5.02. The molecule has 0 saturated carbocycles. The minimum absolute atomic E-state index is 0.0790. The lowest BCUT2D eigenvalue weighted by Crippen LogP contribution is -2.31. The highest BCUT2D eigenvalue weighted by Crippen LogP contribution is 2.43. The Morgan fingerprint density at radius 3 is 2.76 bits per heavy atom. The minimum atomic E-state index is -0.709. The zero-order valence-corrected chi connectivity index (χ0v) is 19.5. The molecule has 1 saturated heterocycles. The first-order chi connectivity index (χ1) is 15.9. The van der Waals surface area contributed by atoms with Crippen molar-refractivity contribution >= 4 is 17.4 Å². The van der Waals surface area contributed by atoms with Crippen molar-refractivity contribution in [3.05, 3.63) is 64.7 Å². The smallest absolute Gasteiger partial charge is 0.295 e. The van der Waals surface area contributed by atoms with E-state index in [1.54, 1.807) is 11.0 Å². The molecular formula is C27H31NO5. The fraction of sp³-hybridized carbons (Fsp3) is 0.407. The molecule has 1 N–H and O–H groups in total. The molecule has 2 aliphatic rings. The normalized spacial score (nSPS) is 19.5. The number of benzene rings is 2. The zero-order chi connectivity index (χ0) is 23.5. The van der Waals surface area contributed by atoms with Crippen LogP contribution in [-0.2, 0) is 16.0 Å². The van der Waals surface area contributed by atoms with Crippen LogP contribution in [0.1, 0.15) is 62.8 Å². The summed E-state index contributed by atoms with van der Waals surface area (Å²) in [6.07, 6.45) is 3.30. The van der Waals surface area contributed by atoms with E-state index < -0.39 is 17.7 Å².